The lowest BCUT2D eigenvalue weighted by molar-refractivity contribution is 0.0166. The molecule has 1 aliphatic carbocycles. The highest BCUT2D eigenvalue weighted by molar-refractivity contribution is 5.47. The standard InChI is InChI=1S/C15H26N4O/c1-3-12-18-13(16-4-2)10-14(19-12)17-11-15(20)8-6-5-7-9-15/h10,20H,3-9,11H2,1-2H3,(H2,16,17,18,19). The van der Waals surface area contributed by atoms with E-state index in [0.717, 1.165) is 56.1 Å². The van der Waals surface area contributed by atoms with Gasteiger partial charge in [-0.2, -0.15) is 0 Å². The second-order valence-electron chi connectivity index (χ2n) is 5.58. The van der Waals surface area contributed by atoms with Crippen LogP contribution < -0.4 is 10.6 Å². The Morgan fingerprint density at radius 1 is 1.10 bits per heavy atom. The maximum absolute atomic E-state index is 10.5. The van der Waals surface area contributed by atoms with Gasteiger partial charge in [0, 0.05) is 25.6 Å². The normalized spacial score (nSPS) is 17.8. The summed E-state index contributed by atoms with van der Waals surface area (Å²) in [5.41, 5.74) is -0.575. The zero-order valence-corrected chi connectivity index (χ0v) is 12.6. The van der Waals surface area contributed by atoms with Crippen LogP contribution in [0, 0.1) is 0 Å². The summed E-state index contributed by atoms with van der Waals surface area (Å²) in [4.78, 5) is 8.91. The first-order chi connectivity index (χ1) is 9.65. The van der Waals surface area contributed by atoms with Crippen LogP contribution in [0.1, 0.15) is 51.8 Å². The minimum absolute atomic E-state index is 0.568. The van der Waals surface area contributed by atoms with Gasteiger partial charge in [-0.15, -0.1) is 0 Å². The lowest BCUT2D eigenvalue weighted by Crippen LogP contribution is -2.39. The number of nitrogens with one attached hydrogen (secondary N) is 2. The molecule has 5 heteroatoms. The van der Waals surface area contributed by atoms with E-state index >= 15 is 0 Å². The molecule has 1 fully saturated rings. The van der Waals surface area contributed by atoms with Crippen molar-refractivity contribution in [3.63, 3.8) is 0 Å². The predicted molar refractivity (Wildman–Crippen MR) is 82.1 cm³/mol. The summed E-state index contributed by atoms with van der Waals surface area (Å²) in [6, 6.07) is 1.91. The first-order valence-electron chi connectivity index (χ1n) is 7.73. The molecular weight excluding hydrogens is 252 g/mol. The average molecular weight is 278 g/mol. The Morgan fingerprint density at radius 3 is 2.35 bits per heavy atom. The number of anilines is 2. The van der Waals surface area contributed by atoms with Crippen molar-refractivity contribution in [2.75, 3.05) is 23.7 Å². The molecule has 0 amide bonds. The summed E-state index contributed by atoms with van der Waals surface area (Å²) < 4.78 is 0. The van der Waals surface area contributed by atoms with Crippen molar-refractivity contribution in [3.05, 3.63) is 11.9 Å². The van der Waals surface area contributed by atoms with Gasteiger partial charge in [0.25, 0.3) is 0 Å². The highest BCUT2D eigenvalue weighted by Crippen LogP contribution is 2.28. The predicted octanol–water partition coefficient (Wildman–Crippen LogP) is 2.58. The lowest BCUT2D eigenvalue weighted by Gasteiger charge is -2.32. The number of nitrogens with zero attached hydrogens (tertiary/aromatic N) is 2. The second kappa shape index (κ2) is 6.88. The van der Waals surface area contributed by atoms with Crippen LogP contribution in [0.2, 0.25) is 0 Å². The van der Waals surface area contributed by atoms with Gasteiger partial charge in [-0.1, -0.05) is 26.2 Å². The van der Waals surface area contributed by atoms with Gasteiger partial charge in [0.2, 0.25) is 0 Å². The van der Waals surface area contributed by atoms with Crippen LogP contribution in [0.5, 0.6) is 0 Å². The van der Waals surface area contributed by atoms with E-state index < -0.39 is 5.60 Å². The van der Waals surface area contributed by atoms with E-state index in [1.165, 1.54) is 6.42 Å². The molecule has 1 saturated carbocycles. The fourth-order valence-electron chi connectivity index (χ4n) is 2.66. The molecule has 1 aromatic heterocycles. The number of aryl methyl sites for hydroxylation is 1. The molecule has 112 valence electrons. The summed E-state index contributed by atoms with van der Waals surface area (Å²) in [7, 11) is 0. The Kier molecular flexibility index (Phi) is 5.17. The molecule has 5 nitrogen and oxygen atoms in total. The van der Waals surface area contributed by atoms with Gasteiger partial charge in [0.05, 0.1) is 5.60 Å². The van der Waals surface area contributed by atoms with E-state index in [1.54, 1.807) is 0 Å². The number of hydrogen-bond donors (Lipinski definition) is 3. The molecular formula is C15H26N4O. The first-order valence-corrected chi connectivity index (χ1v) is 7.73. The molecule has 1 aromatic rings. The summed E-state index contributed by atoms with van der Waals surface area (Å²) in [5.74, 6) is 2.46. The van der Waals surface area contributed by atoms with Crippen LogP contribution in [-0.4, -0.2) is 33.8 Å². The number of aliphatic hydroxyl groups is 1. The van der Waals surface area contributed by atoms with Crippen LogP contribution in [-0.2, 0) is 6.42 Å². The van der Waals surface area contributed by atoms with Gasteiger partial charge < -0.3 is 15.7 Å². The Bertz CT molecular complexity index is 430. The topological polar surface area (TPSA) is 70.1 Å². The first kappa shape index (κ1) is 15.0. The third-order valence-corrected chi connectivity index (χ3v) is 3.83. The molecule has 1 aliphatic rings. The number of hydrogen-bond acceptors (Lipinski definition) is 5. The largest absolute Gasteiger partial charge is 0.388 e. The maximum atomic E-state index is 10.5. The molecule has 0 unspecified atom stereocenters. The Labute approximate surface area is 121 Å². The zero-order chi connectivity index (χ0) is 14.4. The molecule has 20 heavy (non-hydrogen) atoms. The minimum atomic E-state index is -0.575. The van der Waals surface area contributed by atoms with Crippen LogP contribution >= 0.6 is 0 Å². The van der Waals surface area contributed by atoms with Gasteiger partial charge >= 0.3 is 0 Å². The fourth-order valence-corrected chi connectivity index (χ4v) is 2.66. The van der Waals surface area contributed by atoms with Crippen LogP contribution in [0.4, 0.5) is 11.6 Å². The summed E-state index contributed by atoms with van der Waals surface area (Å²) >= 11 is 0. The molecule has 3 N–H and O–H groups in total. The number of rotatable bonds is 6. The Balaban J connectivity index is 2.02. The van der Waals surface area contributed by atoms with E-state index in [1.807, 2.05) is 19.9 Å². The lowest BCUT2D eigenvalue weighted by atomic mass is 9.85. The van der Waals surface area contributed by atoms with Crippen LogP contribution in [0.15, 0.2) is 6.07 Å². The van der Waals surface area contributed by atoms with Crippen molar-refractivity contribution in [1.29, 1.82) is 0 Å². The Morgan fingerprint density at radius 2 is 1.75 bits per heavy atom. The van der Waals surface area contributed by atoms with Gasteiger partial charge in [-0.25, -0.2) is 9.97 Å². The second-order valence-corrected chi connectivity index (χ2v) is 5.58. The summed E-state index contributed by atoms with van der Waals surface area (Å²) in [5, 5.41) is 17.0. The highest BCUT2D eigenvalue weighted by atomic mass is 16.3. The smallest absolute Gasteiger partial charge is 0.132 e. The van der Waals surface area contributed by atoms with Gasteiger partial charge in [-0.05, 0) is 19.8 Å². The molecule has 0 bridgehead atoms. The van der Waals surface area contributed by atoms with Crippen molar-refractivity contribution in [2.45, 2.75) is 58.0 Å². The quantitative estimate of drug-likeness (QED) is 0.746. The van der Waals surface area contributed by atoms with E-state index in [0.29, 0.717) is 6.54 Å². The Hall–Kier alpha value is -1.36. The molecule has 0 aliphatic heterocycles. The minimum Gasteiger partial charge on any atom is -0.388 e. The van der Waals surface area contributed by atoms with Crippen molar-refractivity contribution in [2.24, 2.45) is 0 Å². The molecule has 0 atom stereocenters. The zero-order valence-electron chi connectivity index (χ0n) is 12.6. The summed E-state index contributed by atoms with van der Waals surface area (Å²) in [6.45, 7) is 5.50. The van der Waals surface area contributed by atoms with Crippen molar-refractivity contribution >= 4 is 11.6 Å². The number of aromatic nitrogens is 2. The van der Waals surface area contributed by atoms with E-state index in [2.05, 4.69) is 20.6 Å². The molecule has 2 rings (SSSR count). The molecule has 0 spiro atoms. The molecule has 0 saturated heterocycles. The molecule has 0 radical (unpaired) electrons. The third-order valence-electron chi connectivity index (χ3n) is 3.83. The SMILES string of the molecule is CCNc1cc(NCC2(O)CCCCC2)nc(CC)n1. The van der Waals surface area contributed by atoms with E-state index in [4.69, 9.17) is 0 Å². The van der Waals surface area contributed by atoms with E-state index in [9.17, 15) is 5.11 Å². The average Bonchev–Trinajstić information content (AvgIpc) is 2.46. The fraction of sp³-hybridized carbons (Fsp3) is 0.733. The highest BCUT2D eigenvalue weighted by Gasteiger charge is 2.28. The third kappa shape index (κ3) is 4.07. The summed E-state index contributed by atoms with van der Waals surface area (Å²) in [6.07, 6.45) is 6.03. The van der Waals surface area contributed by atoms with Crippen molar-refractivity contribution < 1.29 is 5.11 Å². The van der Waals surface area contributed by atoms with Crippen LogP contribution in [0.3, 0.4) is 0 Å². The van der Waals surface area contributed by atoms with Gasteiger partial charge in [0.15, 0.2) is 0 Å². The monoisotopic (exact) mass is 278 g/mol. The van der Waals surface area contributed by atoms with E-state index in [-0.39, 0.29) is 0 Å². The molecule has 0 aromatic carbocycles. The van der Waals surface area contributed by atoms with Crippen LogP contribution in [0.25, 0.3) is 0 Å². The van der Waals surface area contributed by atoms with Gasteiger partial charge in [0.1, 0.15) is 17.5 Å². The maximum Gasteiger partial charge on any atom is 0.132 e. The van der Waals surface area contributed by atoms with Gasteiger partial charge in [-0.3, -0.25) is 0 Å². The van der Waals surface area contributed by atoms with Crippen molar-refractivity contribution in [1.82, 2.24) is 9.97 Å². The molecule has 1 heterocycles. The van der Waals surface area contributed by atoms with Crippen molar-refractivity contribution in [3.8, 4) is 0 Å².